The lowest BCUT2D eigenvalue weighted by molar-refractivity contribution is 0.0983. The maximum Gasteiger partial charge on any atom is 0.260 e. The van der Waals surface area contributed by atoms with Crippen molar-refractivity contribution in [3.63, 3.8) is 0 Å². The summed E-state index contributed by atoms with van der Waals surface area (Å²) < 4.78 is 1.14. The highest BCUT2D eigenvalue weighted by Gasteiger charge is 2.23. The molecule has 0 aliphatic rings. The van der Waals surface area contributed by atoms with E-state index in [2.05, 4.69) is 56.9 Å². The average molecular weight is 446 g/mol. The molecule has 0 unspecified atom stereocenters. The molecule has 0 radical (unpaired) electrons. The van der Waals surface area contributed by atoms with Gasteiger partial charge in [-0.15, -0.1) is 12.4 Å². The first kappa shape index (κ1) is 24.3. The van der Waals surface area contributed by atoms with E-state index < -0.39 is 0 Å². The molecule has 0 fully saturated rings. The van der Waals surface area contributed by atoms with Crippen LogP contribution in [-0.2, 0) is 6.42 Å². The molecule has 6 heteroatoms. The number of thiazole rings is 1. The Morgan fingerprint density at radius 3 is 2.37 bits per heavy atom. The molecule has 3 aromatic rings. The Labute approximate surface area is 190 Å². The number of hydrogen-bond acceptors (Lipinski definition) is 4. The number of halogens is 1. The minimum absolute atomic E-state index is 0. The van der Waals surface area contributed by atoms with Gasteiger partial charge in [0.05, 0.1) is 10.2 Å². The van der Waals surface area contributed by atoms with Gasteiger partial charge < -0.3 is 4.90 Å². The van der Waals surface area contributed by atoms with Gasteiger partial charge in [-0.05, 0) is 62.7 Å². The van der Waals surface area contributed by atoms with E-state index in [-0.39, 0.29) is 18.3 Å². The van der Waals surface area contributed by atoms with Gasteiger partial charge in [-0.3, -0.25) is 9.69 Å². The standard InChI is InChI=1S/C24H31N3OS.ClH/c1-6-19-10-12-21-22(16-19)29-24(25-21)27(14-13-26(7-2)8-3)23(28)20-11-9-17(4)15-18(20)5;/h9-12,15-16H,6-8,13-14H2,1-5H3;1H. The summed E-state index contributed by atoms with van der Waals surface area (Å²) in [6.45, 7) is 13.9. The molecule has 0 atom stereocenters. The molecule has 162 valence electrons. The van der Waals surface area contributed by atoms with E-state index in [0.717, 1.165) is 52.5 Å². The SMILES string of the molecule is CCc1ccc2nc(N(CCN(CC)CC)C(=O)c3ccc(C)cc3C)sc2c1.Cl. The van der Waals surface area contributed by atoms with Crippen LogP contribution in [0.25, 0.3) is 10.2 Å². The summed E-state index contributed by atoms with van der Waals surface area (Å²) in [6, 6.07) is 12.4. The van der Waals surface area contributed by atoms with Crippen LogP contribution in [0.3, 0.4) is 0 Å². The van der Waals surface area contributed by atoms with Gasteiger partial charge in [0, 0.05) is 18.7 Å². The second kappa shape index (κ2) is 10.9. The summed E-state index contributed by atoms with van der Waals surface area (Å²) >= 11 is 1.61. The molecule has 1 aromatic heterocycles. The Balaban J connectivity index is 0.00000320. The van der Waals surface area contributed by atoms with Crippen molar-refractivity contribution < 1.29 is 4.79 Å². The number of aromatic nitrogens is 1. The Morgan fingerprint density at radius 1 is 1.00 bits per heavy atom. The molecule has 1 amide bonds. The normalized spacial score (nSPS) is 11.0. The lowest BCUT2D eigenvalue weighted by atomic mass is 10.0. The molecule has 3 rings (SSSR count). The minimum Gasteiger partial charge on any atom is -0.302 e. The molecule has 0 N–H and O–H groups in total. The van der Waals surface area contributed by atoms with Gasteiger partial charge in [-0.1, -0.05) is 55.9 Å². The van der Waals surface area contributed by atoms with Crippen LogP contribution in [0.15, 0.2) is 36.4 Å². The summed E-state index contributed by atoms with van der Waals surface area (Å²) in [7, 11) is 0. The van der Waals surface area contributed by atoms with Gasteiger partial charge in [0.1, 0.15) is 0 Å². The van der Waals surface area contributed by atoms with Crippen LogP contribution in [0.5, 0.6) is 0 Å². The van der Waals surface area contributed by atoms with E-state index >= 15 is 0 Å². The van der Waals surface area contributed by atoms with Gasteiger partial charge in [-0.2, -0.15) is 0 Å². The molecule has 30 heavy (non-hydrogen) atoms. The van der Waals surface area contributed by atoms with Crippen LogP contribution < -0.4 is 4.90 Å². The summed E-state index contributed by atoms with van der Waals surface area (Å²) in [5.41, 5.74) is 5.19. The molecular weight excluding hydrogens is 414 g/mol. The van der Waals surface area contributed by atoms with Crippen LogP contribution in [-0.4, -0.2) is 42.0 Å². The lowest BCUT2D eigenvalue weighted by Crippen LogP contribution is -2.39. The quantitative estimate of drug-likeness (QED) is 0.434. The monoisotopic (exact) mass is 445 g/mol. The zero-order valence-electron chi connectivity index (χ0n) is 18.6. The van der Waals surface area contributed by atoms with Gasteiger partial charge >= 0.3 is 0 Å². The van der Waals surface area contributed by atoms with E-state index in [9.17, 15) is 4.79 Å². The predicted octanol–water partition coefficient (Wildman–Crippen LogP) is 5.89. The van der Waals surface area contributed by atoms with Crippen molar-refractivity contribution in [3.8, 4) is 0 Å². The molecule has 0 aliphatic carbocycles. The maximum atomic E-state index is 13.5. The van der Waals surface area contributed by atoms with Crippen molar-refractivity contribution in [1.82, 2.24) is 9.88 Å². The Kier molecular flexibility index (Phi) is 8.83. The maximum absolute atomic E-state index is 13.5. The van der Waals surface area contributed by atoms with Crippen LogP contribution in [0.4, 0.5) is 5.13 Å². The number of amides is 1. The zero-order chi connectivity index (χ0) is 21.0. The number of aryl methyl sites for hydroxylation is 3. The second-order valence-electron chi connectivity index (χ2n) is 7.45. The molecule has 0 aliphatic heterocycles. The summed E-state index contributed by atoms with van der Waals surface area (Å²) in [4.78, 5) is 22.6. The van der Waals surface area contributed by atoms with E-state index in [1.807, 2.05) is 24.0 Å². The molecule has 2 aromatic carbocycles. The Morgan fingerprint density at radius 2 is 1.73 bits per heavy atom. The smallest absolute Gasteiger partial charge is 0.260 e. The van der Waals surface area contributed by atoms with Crippen molar-refractivity contribution in [1.29, 1.82) is 0 Å². The fraction of sp³-hybridized carbons (Fsp3) is 0.417. The Hall–Kier alpha value is -1.95. The molecule has 0 spiro atoms. The molecule has 4 nitrogen and oxygen atoms in total. The van der Waals surface area contributed by atoms with Crippen molar-refractivity contribution in [2.75, 3.05) is 31.1 Å². The number of anilines is 1. The van der Waals surface area contributed by atoms with Crippen LogP contribution >= 0.6 is 23.7 Å². The zero-order valence-corrected chi connectivity index (χ0v) is 20.2. The van der Waals surface area contributed by atoms with Gasteiger partial charge in [0.15, 0.2) is 5.13 Å². The van der Waals surface area contributed by atoms with Gasteiger partial charge in [-0.25, -0.2) is 4.98 Å². The van der Waals surface area contributed by atoms with Crippen molar-refractivity contribution in [2.24, 2.45) is 0 Å². The van der Waals surface area contributed by atoms with E-state index in [4.69, 9.17) is 4.98 Å². The number of carbonyl (C=O) groups excluding carboxylic acids is 1. The van der Waals surface area contributed by atoms with E-state index in [1.54, 1.807) is 11.3 Å². The van der Waals surface area contributed by atoms with E-state index in [1.165, 1.54) is 11.1 Å². The number of nitrogens with zero attached hydrogens (tertiary/aromatic N) is 3. The molecule has 1 heterocycles. The first-order valence-corrected chi connectivity index (χ1v) is 11.3. The first-order valence-electron chi connectivity index (χ1n) is 10.5. The average Bonchev–Trinajstić information content (AvgIpc) is 3.13. The topological polar surface area (TPSA) is 36.4 Å². The van der Waals surface area contributed by atoms with Crippen molar-refractivity contribution in [3.05, 3.63) is 58.7 Å². The highest BCUT2D eigenvalue weighted by atomic mass is 35.5. The highest BCUT2D eigenvalue weighted by Crippen LogP contribution is 2.31. The third kappa shape index (κ3) is 5.39. The highest BCUT2D eigenvalue weighted by molar-refractivity contribution is 7.22. The number of likely N-dealkylation sites (N-methyl/N-ethyl adjacent to an activating group) is 1. The van der Waals surface area contributed by atoms with Crippen molar-refractivity contribution >= 4 is 45.0 Å². The lowest BCUT2D eigenvalue weighted by Gasteiger charge is -2.25. The molecule has 0 bridgehead atoms. The number of rotatable bonds is 8. The van der Waals surface area contributed by atoms with Crippen LogP contribution in [0.2, 0.25) is 0 Å². The van der Waals surface area contributed by atoms with Crippen LogP contribution in [0, 0.1) is 13.8 Å². The molecular formula is C24H32ClN3OS. The number of fused-ring (bicyclic) bond motifs is 1. The fourth-order valence-electron chi connectivity index (χ4n) is 3.56. The summed E-state index contributed by atoms with van der Waals surface area (Å²) in [5, 5.41) is 0.783. The number of benzene rings is 2. The summed E-state index contributed by atoms with van der Waals surface area (Å²) in [6.07, 6.45) is 0.996. The molecule has 0 saturated heterocycles. The largest absolute Gasteiger partial charge is 0.302 e. The van der Waals surface area contributed by atoms with Gasteiger partial charge in [0.25, 0.3) is 5.91 Å². The minimum atomic E-state index is 0. The fourth-order valence-corrected chi connectivity index (χ4v) is 4.61. The summed E-state index contributed by atoms with van der Waals surface area (Å²) in [5.74, 6) is 0.0319. The first-order chi connectivity index (χ1) is 14.0. The number of hydrogen-bond donors (Lipinski definition) is 0. The van der Waals surface area contributed by atoms with Crippen molar-refractivity contribution in [2.45, 2.75) is 41.0 Å². The van der Waals surface area contributed by atoms with Crippen LogP contribution in [0.1, 0.15) is 47.8 Å². The third-order valence-electron chi connectivity index (χ3n) is 5.47. The third-order valence-corrected chi connectivity index (χ3v) is 6.51. The Bertz CT molecular complexity index is 997. The second-order valence-corrected chi connectivity index (χ2v) is 8.46. The number of carbonyl (C=O) groups is 1. The van der Waals surface area contributed by atoms with Gasteiger partial charge in [0.2, 0.25) is 0 Å². The molecule has 0 saturated carbocycles. The predicted molar refractivity (Wildman–Crippen MR) is 132 cm³/mol. The van der Waals surface area contributed by atoms with E-state index in [0.29, 0.717) is 6.54 Å².